The molecule has 1 saturated heterocycles. The van der Waals surface area contributed by atoms with E-state index in [1.54, 1.807) is 16.3 Å². The number of thioether (sulfide) groups is 1. The normalized spacial score (nSPS) is 24.8. The largest absolute Gasteiger partial charge is 0.383 e. The second-order valence-corrected chi connectivity index (χ2v) is 7.37. The molecule has 0 bridgehead atoms. The molecule has 6 nitrogen and oxygen atoms in total. The predicted octanol–water partition coefficient (Wildman–Crippen LogP) is 2.35. The fourth-order valence-corrected chi connectivity index (χ4v) is 4.38. The van der Waals surface area contributed by atoms with E-state index in [0.29, 0.717) is 11.7 Å². The van der Waals surface area contributed by atoms with Gasteiger partial charge in [0.1, 0.15) is 11.2 Å². The van der Waals surface area contributed by atoms with Gasteiger partial charge in [0.2, 0.25) is 0 Å². The SMILES string of the molecule is Nc1c(Br)c(C2CCCNC2)nc2c(C3NC=CS3)cnn12. The molecule has 0 saturated carbocycles. The summed E-state index contributed by atoms with van der Waals surface area (Å²) in [5.74, 6) is 1.01. The summed E-state index contributed by atoms with van der Waals surface area (Å²) in [7, 11) is 0. The highest BCUT2D eigenvalue weighted by Crippen LogP contribution is 2.37. The minimum atomic E-state index is 0.155. The Labute approximate surface area is 141 Å². The quantitative estimate of drug-likeness (QED) is 0.741. The predicted molar refractivity (Wildman–Crippen MR) is 92.6 cm³/mol. The van der Waals surface area contributed by atoms with Crippen molar-refractivity contribution in [2.75, 3.05) is 18.8 Å². The molecular weight excluding hydrogens is 364 g/mol. The summed E-state index contributed by atoms with van der Waals surface area (Å²) in [6.45, 7) is 2.03. The van der Waals surface area contributed by atoms with E-state index < -0.39 is 0 Å². The van der Waals surface area contributed by atoms with Gasteiger partial charge in [-0.1, -0.05) is 0 Å². The number of piperidine rings is 1. The standard InChI is InChI=1S/C14H17BrN6S/c15-10-11(8-2-1-3-17-6-8)20-13-9(14-18-4-5-22-14)7-19-21(13)12(10)16/h4-5,7-8,14,17-18H,1-3,6,16H2. The number of aromatic nitrogens is 3. The molecule has 1 fully saturated rings. The third kappa shape index (κ3) is 2.29. The second-order valence-electron chi connectivity index (χ2n) is 5.56. The van der Waals surface area contributed by atoms with Gasteiger partial charge in [-0.15, -0.1) is 11.8 Å². The molecule has 2 unspecified atom stereocenters. The highest BCUT2D eigenvalue weighted by Gasteiger charge is 2.25. The van der Waals surface area contributed by atoms with E-state index in [1.165, 1.54) is 6.42 Å². The number of nitrogens with zero attached hydrogens (tertiary/aromatic N) is 3. The van der Waals surface area contributed by atoms with Crippen LogP contribution in [0.15, 0.2) is 22.3 Å². The van der Waals surface area contributed by atoms with Crippen LogP contribution in [-0.4, -0.2) is 27.7 Å². The number of fused-ring (bicyclic) bond motifs is 1. The molecule has 4 rings (SSSR count). The summed E-state index contributed by atoms with van der Waals surface area (Å²) in [6, 6.07) is 0. The van der Waals surface area contributed by atoms with E-state index in [2.05, 4.69) is 31.7 Å². The van der Waals surface area contributed by atoms with Gasteiger partial charge in [0.05, 0.1) is 16.4 Å². The van der Waals surface area contributed by atoms with Crippen molar-refractivity contribution in [1.29, 1.82) is 0 Å². The van der Waals surface area contributed by atoms with E-state index in [9.17, 15) is 0 Å². The molecule has 2 aromatic heterocycles. The van der Waals surface area contributed by atoms with Gasteiger partial charge in [-0.05, 0) is 40.7 Å². The maximum absolute atomic E-state index is 6.29. The number of nitrogens with one attached hydrogen (secondary N) is 2. The van der Waals surface area contributed by atoms with Crippen molar-refractivity contribution in [3.05, 3.63) is 33.5 Å². The van der Waals surface area contributed by atoms with E-state index in [-0.39, 0.29) is 5.37 Å². The molecule has 2 aliphatic heterocycles. The van der Waals surface area contributed by atoms with Gasteiger partial charge in [0.15, 0.2) is 5.65 Å². The van der Waals surface area contributed by atoms with Crippen molar-refractivity contribution in [2.45, 2.75) is 24.1 Å². The van der Waals surface area contributed by atoms with Crippen molar-refractivity contribution < 1.29 is 0 Å². The Kier molecular flexibility index (Phi) is 3.75. The van der Waals surface area contributed by atoms with Crippen molar-refractivity contribution >= 4 is 39.2 Å². The highest BCUT2D eigenvalue weighted by molar-refractivity contribution is 9.10. The molecule has 22 heavy (non-hydrogen) atoms. The minimum Gasteiger partial charge on any atom is -0.383 e. The molecule has 2 aromatic rings. The summed E-state index contributed by atoms with van der Waals surface area (Å²) in [5.41, 5.74) is 9.24. The van der Waals surface area contributed by atoms with Gasteiger partial charge < -0.3 is 16.4 Å². The molecule has 8 heteroatoms. The summed E-state index contributed by atoms with van der Waals surface area (Å²) in [5, 5.41) is 13.4. The number of rotatable bonds is 2. The Hall–Kier alpha value is -1.25. The van der Waals surface area contributed by atoms with Gasteiger partial charge in [0.25, 0.3) is 0 Å². The molecule has 0 aromatic carbocycles. The Bertz CT molecular complexity index is 728. The lowest BCUT2D eigenvalue weighted by atomic mass is 9.96. The number of anilines is 1. The van der Waals surface area contributed by atoms with Crippen LogP contribution in [0.1, 0.15) is 35.4 Å². The van der Waals surface area contributed by atoms with Crippen molar-refractivity contribution in [3.8, 4) is 0 Å². The fraction of sp³-hybridized carbons (Fsp3) is 0.429. The number of nitrogens with two attached hydrogens (primary N) is 1. The average Bonchev–Trinajstić information content (AvgIpc) is 3.20. The van der Waals surface area contributed by atoms with Crippen LogP contribution in [0.2, 0.25) is 0 Å². The maximum Gasteiger partial charge on any atom is 0.163 e. The third-order valence-electron chi connectivity index (χ3n) is 4.17. The fourth-order valence-electron chi connectivity index (χ4n) is 3.02. The number of hydrogen-bond acceptors (Lipinski definition) is 6. The van der Waals surface area contributed by atoms with Crippen LogP contribution in [-0.2, 0) is 0 Å². The van der Waals surface area contributed by atoms with Gasteiger partial charge in [-0.25, -0.2) is 4.98 Å². The number of nitrogen functional groups attached to an aromatic ring is 1. The zero-order chi connectivity index (χ0) is 15.1. The zero-order valence-corrected chi connectivity index (χ0v) is 14.3. The Morgan fingerprint density at radius 3 is 3.09 bits per heavy atom. The Morgan fingerprint density at radius 2 is 2.36 bits per heavy atom. The molecule has 0 aliphatic carbocycles. The lowest BCUT2D eigenvalue weighted by Crippen LogP contribution is -2.29. The summed E-state index contributed by atoms with van der Waals surface area (Å²) >= 11 is 5.34. The van der Waals surface area contributed by atoms with E-state index in [0.717, 1.165) is 40.9 Å². The first-order chi connectivity index (χ1) is 10.8. The van der Waals surface area contributed by atoms with Crippen molar-refractivity contribution in [1.82, 2.24) is 25.2 Å². The van der Waals surface area contributed by atoms with Crippen molar-refractivity contribution in [3.63, 3.8) is 0 Å². The first kappa shape index (κ1) is 14.3. The number of hydrogen-bond donors (Lipinski definition) is 3. The summed E-state index contributed by atoms with van der Waals surface area (Å²) in [4.78, 5) is 4.92. The first-order valence-corrected chi connectivity index (χ1v) is 9.09. The van der Waals surface area contributed by atoms with Crippen LogP contribution in [0.3, 0.4) is 0 Å². The Morgan fingerprint density at radius 1 is 1.45 bits per heavy atom. The van der Waals surface area contributed by atoms with E-state index in [1.807, 2.05) is 17.8 Å². The van der Waals surface area contributed by atoms with Crippen LogP contribution in [0, 0.1) is 0 Å². The smallest absolute Gasteiger partial charge is 0.163 e. The van der Waals surface area contributed by atoms with E-state index in [4.69, 9.17) is 10.7 Å². The molecule has 0 amide bonds. The van der Waals surface area contributed by atoms with Crippen LogP contribution in [0.5, 0.6) is 0 Å². The molecule has 4 N–H and O–H groups in total. The molecule has 0 radical (unpaired) electrons. The molecule has 2 atom stereocenters. The van der Waals surface area contributed by atoms with Gasteiger partial charge in [0, 0.05) is 24.2 Å². The van der Waals surface area contributed by atoms with E-state index >= 15 is 0 Å². The maximum atomic E-state index is 6.29. The second kappa shape index (κ2) is 5.75. The topological polar surface area (TPSA) is 80.3 Å². The summed E-state index contributed by atoms with van der Waals surface area (Å²) in [6.07, 6.45) is 6.11. The lowest BCUT2D eigenvalue weighted by Gasteiger charge is -2.24. The Balaban J connectivity index is 1.83. The van der Waals surface area contributed by atoms with Crippen LogP contribution >= 0.6 is 27.7 Å². The van der Waals surface area contributed by atoms with Crippen LogP contribution in [0.4, 0.5) is 5.82 Å². The number of halogens is 1. The highest BCUT2D eigenvalue weighted by atomic mass is 79.9. The van der Waals surface area contributed by atoms with Gasteiger partial charge in [-0.3, -0.25) is 0 Å². The third-order valence-corrected chi connectivity index (χ3v) is 5.94. The van der Waals surface area contributed by atoms with Crippen molar-refractivity contribution in [2.24, 2.45) is 0 Å². The molecule has 0 spiro atoms. The molecule has 2 aliphatic rings. The minimum absolute atomic E-state index is 0.155. The first-order valence-electron chi connectivity index (χ1n) is 7.35. The summed E-state index contributed by atoms with van der Waals surface area (Å²) < 4.78 is 2.59. The average molecular weight is 381 g/mol. The lowest BCUT2D eigenvalue weighted by molar-refractivity contribution is 0.453. The zero-order valence-electron chi connectivity index (χ0n) is 11.9. The molecular formula is C14H17BrN6S. The van der Waals surface area contributed by atoms with Crippen LogP contribution in [0.25, 0.3) is 5.65 Å². The van der Waals surface area contributed by atoms with Crippen LogP contribution < -0.4 is 16.4 Å². The monoisotopic (exact) mass is 380 g/mol. The van der Waals surface area contributed by atoms with Gasteiger partial charge in [-0.2, -0.15) is 9.61 Å². The molecule has 4 heterocycles. The molecule has 116 valence electrons. The van der Waals surface area contributed by atoms with Gasteiger partial charge >= 0.3 is 0 Å².